The summed E-state index contributed by atoms with van der Waals surface area (Å²) >= 11 is 0. The fraction of sp³-hybridized carbons (Fsp3) is 0.636. The van der Waals surface area contributed by atoms with Gasteiger partial charge in [-0.15, -0.1) is 24.8 Å². The Morgan fingerprint density at radius 3 is 2.89 bits per heavy atom. The summed E-state index contributed by atoms with van der Waals surface area (Å²) in [5.74, 6) is 0.125. The van der Waals surface area contributed by atoms with Crippen molar-refractivity contribution < 1.29 is 4.79 Å². The van der Waals surface area contributed by atoms with E-state index < -0.39 is 0 Å². The predicted octanol–water partition coefficient (Wildman–Crippen LogP) is 0.985. The van der Waals surface area contributed by atoms with Gasteiger partial charge in [-0.2, -0.15) is 0 Å². The van der Waals surface area contributed by atoms with Gasteiger partial charge in [-0.3, -0.25) is 4.79 Å². The van der Waals surface area contributed by atoms with Crippen LogP contribution in [0.1, 0.15) is 19.3 Å². The van der Waals surface area contributed by atoms with E-state index in [0.717, 1.165) is 25.9 Å². The molecule has 2 N–H and O–H groups in total. The maximum absolute atomic E-state index is 11.7. The van der Waals surface area contributed by atoms with Crippen molar-refractivity contribution in [1.82, 2.24) is 20.2 Å². The second-order valence-electron chi connectivity index (χ2n) is 4.09. The minimum atomic E-state index is 0. The molecule has 1 aliphatic rings. The van der Waals surface area contributed by atoms with Crippen molar-refractivity contribution in [2.45, 2.75) is 31.8 Å². The zero-order chi connectivity index (χ0) is 11.2. The standard InChI is InChI=1S/C11H18N4O.2ClH/c16-11(10-3-1-2-4-13-10)14-6-8-15-7-5-12-9-15;;/h5,7,9-10,13H,1-4,6,8H2,(H,14,16);2*1H/t10-;;/m0../s1. The lowest BCUT2D eigenvalue weighted by atomic mass is 10.0. The normalized spacial score (nSPS) is 18.3. The first-order valence-electron chi connectivity index (χ1n) is 5.83. The summed E-state index contributed by atoms with van der Waals surface area (Å²) in [7, 11) is 0. The third-order valence-corrected chi connectivity index (χ3v) is 2.86. The van der Waals surface area contributed by atoms with E-state index in [0.29, 0.717) is 6.54 Å². The van der Waals surface area contributed by atoms with Crippen molar-refractivity contribution in [3.8, 4) is 0 Å². The Balaban J connectivity index is 0.00000144. The van der Waals surface area contributed by atoms with Gasteiger partial charge in [0.05, 0.1) is 12.4 Å². The molecule has 0 saturated carbocycles. The molecule has 104 valence electrons. The van der Waals surface area contributed by atoms with Crippen molar-refractivity contribution in [2.75, 3.05) is 13.1 Å². The van der Waals surface area contributed by atoms with Crippen LogP contribution in [0.4, 0.5) is 0 Å². The summed E-state index contributed by atoms with van der Waals surface area (Å²) in [6, 6.07) is 0.0107. The third kappa shape index (κ3) is 5.25. The van der Waals surface area contributed by atoms with E-state index in [1.54, 1.807) is 12.5 Å². The fourth-order valence-electron chi connectivity index (χ4n) is 1.93. The van der Waals surface area contributed by atoms with Gasteiger partial charge in [-0.25, -0.2) is 4.98 Å². The molecule has 5 nitrogen and oxygen atoms in total. The van der Waals surface area contributed by atoms with Crippen LogP contribution < -0.4 is 10.6 Å². The second-order valence-corrected chi connectivity index (χ2v) is 4.09. The number of hydrogen-bond acceptors (Lipinski definition) is 3. The number of nitrogens with zero attached hydrogens (tertiary/aromatic N) is 2. The molecule has 1 aromatic rings. The van der Waals surface area contributed by atoms with Crippen molar-refractivity contribution in [3.05, 3.63) is 18.7 Å². The predicted molar refractivity (Wildman–Crippen MR) is 75.4 cm³/mol. The van der Waals surface area contributed by atoms with Crippen molar-refractivity contribution in [1.29, 1.82) is 0 Å². The minimum absolute atomic E-state index is 0. The number of aromatic nitrogens is 2. The fourth-order valence-corrected chi connectivity index (χ4v) is 1.93. The molecule has 18 heavy (non-hydrogen) atoms. The summed E-state index contributed by atoms with van der Waals surface area (Å²) in [6.07, 6.45) is 8.67. The number of halogens is 2. The monoisotopic (exact) mass is 294 g/mol. The number of hydrogen-bond donors (Lipinski definition) is 2. The quantitative estimate of drug-likeness (QED) is 0.871. The largest absolute Gasteiger partial charge is 0.353 e. The van der Waals surface area contributed by atoms with Crippen LogP contribution in [0, 0.1) is 0 Å². The van der Waals surface area contributed by atoms with Crippen LogP contribution in [0.15, 0.2) is 18.7 Å². The number of imidazole rings is 1. The Morgan fingerprint density at radius 2 is 2.28 bits per heavy atom. The van der Waals surface area contributed by atoms with Crippen LogP contribution in [0.25, 0.3) is 0 Å². The van der Waals surface area contributed by atoms with Gasteiger partial charge in [-0.1, -0.05) is 6.42 Å². The molecule has 0 aromatic carbocycles. The molecule has 1 fully saturated rings. The van der Waals surface area contributed by atoms with Crippen molar-refractivity contribution in [3.63, 3.8) is 0 Å². The number of carbonyl (C=O) groups excluding carboxylic acids is 1. The zero-order valence-electron chi connectivity index (χ0n) is 10.2. The van der Waals surface area contributed by atoms with E-state index in [-0.39, 0.29) is 36.8 Å². The minimum Gasteiger partial charge on any atom is -0.353 e. The Hall–Kier alpha value is -0.780. The van der Waals surface area contributed by atoms with Gasteiger partial charge in [0.25, 0.3) is 0 Å². The van der Waals surface area contributed by atoms with Crippen molar-refractivity contribution in [2.24, 2.45) is 0 Å². The number of rotatable bonds is 4. The molecule has 1 atom stereocenters. The summed E-state index contributed by atoms with van der Waals surface area (Å²) < 4.78 is 1.95. The third-order valence-electron chi connectivity index (χ3n) is 2.86. The van der Waals surface area contributed by atoms with Crippen LogP contribution in [-0.2, 0) is 11.3 Å². The molecule has 7 heteroatoms. The average Bonchev–Trinajstić information content (AvgIpc) is 2.83. The highest BCUT2D eigenvalue weighted by Gasteiger charge is 2.19. The lowest BCUT2D eigenvalue weighted by molar-refractivity contribution is -0.123. The molecule has 0 bridgehead atoms. The van der Waals surface area contributed by atoms with E-state index in [4.69, 9.17) is 0 Å². The maximum Gasteiger partial charge on any atom is 0.237 e. The Morgan fingerprint density at radius 1 is 1.44 bits per heavy atom. The van der Waals surface area contributed by atoms with Crippen LogP contribution >= 0.6 is 24.8 Å². The molecule has 1 saturated heterocycles. The topological polar surface area (TPSA) is 59.0 Å². The summed E-state index contributed by atoms with van der Waals surface area (Å²) in [4.78, 5) is 15.7. The molecule has 1 amide bonds. The maximum atomic E-state index is 11.7. The molecule has 1 aromatic heterocycles. The molecule has 0 radical (unpaired) electrons. The number of nitrogens with one attached hydrogen (secondary N) is 2. The van der Waals surface area contributed by atoms with Gasteiger partial charge in [0.1, 0.15) is 0 Å². The molecule has 2 rings (SSSR count). The SMILES string of the molecule is Cl.Cl.O=C(NCCn1ccnc1)[C@@H]1CCCCN1. The summed E-state index contributed by atoms with van der Waals surface area (Å²) in [5, 5.41) is 6.17. The van der Waals surface area contributed by atoms with Gasteiger partial charge in [-0.05, 0) is 19.4 Å². The molecule has 0 aliphatic carbocycles. The molecule has 0 spiro atoms. The van der Waals surface area contributed by atoms with Crippen LogP contribution in [-0.4, -0.2) is 34.6 Å². The first-order valence-corrected chi connectivity index (χ1v) is 5.83. The van der Waals surface area contributed by atoms with E-state index in [1.807, 2.05) is 10.8 Å². The number of amides is 1. The molecule has 1 aliphatic heterocycles. The lowest BCUT2D eigenvalue weighted by Gasteiger charge is -2.22. The highest BCUT2D eigenvalue weighted by atomic mass is 35.5. The molecule has 0 unspecified atom stereocenters. The first kappa shape index (κ1) is 17.2. The van der Waals surface area contributed by atoms with Gasteiger partial charge >= 0.3 is 0 Å². The van der Waals surface area contributed by atoms with Gasteiger partial charge in [0.15, 0.2) is 0 Å². The summed E-state index contributed by atoms with van der Waals surface area (Å²) in [6.45, 7) is 2.39. The van der Waals surface area contributed by atoms with Gasteiger partial charge in [0.2, 0.25) is 5.91 Å². The second kappa shape index (κ2) is 9.19. The smallest absolute Gasteiger partial charge is 0.237 e. The highest BCUT2D eigenvalue weighted by Crippen LogP contribution is 2.06. The summed E-state index contributed by atoms with van der Waals surface area (Å²) in [5.41, 5.74) is 0. The molecular formula is C11H20Cl2N4O. The Kier molecular flexibility index (Phi) is 8.79. The van der Waals surface area contributed by atoms with Crippen LogP contribution in [0.5, 0.6) is 0 Å². The number of carbonyl (C=O) groups is 1. The van der Waals surface area contributed by atoms with Crippen molar-refractivity contribution >= 4 is 30.7 Å². The Labute approximate surface area is 120 Å². The lowest BCUT2D eigenvalue weighted by Crippen LogP contribution is -2.47. The Bertz CT molecular complexity index is 326. The van der Waals surface area contributed by atoms with E-state index in [1.165, 1.54) is 6.42 Å². The zero-order valence-corrected chi connectivity index (χ0v) is 11.8. The van der Waals surface area contributed by atoms with E-state index in [9.17, 15) is 4.79 Å². The molecular weight excluding hydrogens is 275 g/mol. The number of piperidine rings is 1. The van der Waals surface area contributed by atoms with E-state index >= 15 is 0 Å². The van der Waals surface area contributed by atoms with Gasteiger partial charge in [0, 0.05) is 25.5 Å². The highest BCUT2D eigenvalue weighted by molar-refractivity contribution is 5.85. The average molecular weight is 295 g/mol. The first-order chi connectivity index (χ1) is 7.86. The molecule has 2 heterocycles. The van der Waals surface area contributed by atoms with E-state index in [2.05, 4.69) is 15.6 Å². The van der Waals surface area contributed by atoms with Crippen LogP contribution in [0.2, 0.25) is 0 Å². The van der Waals surface area contributed by atoms with Crippen LogP contribution in [0.3, 0.4) is 0 Å². The van der Waals surface area contributed by atoms with Gasteiger partial charge < -0.3 is 15.2 Å².